The van der Waals surface area contributed by atoms with Gasteiger partial charge in [-0.15, -0.1) is 0 Å². The van der Waals surface area contributed by atoms with Crippen molar-refractivity contribution in [3.63, 3.8) is 0 Å². The third kappa shape index (κ3) is 8.09. The zero-order valence-corrected chi connectivity index (χ0v) is 16.7. The minimum Gasteiger partial charge on any atom is -0.462 e. The highest BCUT2D eigenvalue weighted by atomic mass is 16.6. The van der Waals surface area contributed by atoms with Gasteiger partial charge < -0.3 is 4.74 Å². The SMILES string of the molecule is C=C(C)C(=O)OCCCCCCc1ccc(N=Cc2ccc([N+](=O)[O-])cc2)cc1. The first-order valence-electron chi connectivity index (χ1n) is 9.66. The number of carbonyl (C=O) groups excluding carboxylic acids is 1. The molecule has 29 heavy (non-hydrogen) atoms. The molecule has 0 aliphatic carbocycles. The molecular formula is C23H26N2O4. The molecule has 0 aromatic heterocycles. The summed E-state index contributed by atoms with van der Waals surface area (Å²) in [5.74, 6) is -0.318. The summed E-state index contributed by atoms with van der Waals surface area (Å²) in [5.41, 5.74) is 3.41. The molecule has 2 aromatic rings. The molecule has 0 saturated heterocycles. The molecule has 0 N–H and O–H groups in total. The lowest BCUT2D eigenvalue weighted by molar-refractivity contribution is -0.384. The Bertz CT molecular complexity index is 855. The summed E-state index contributed by atoms with van der Waals surface area (Å²) < 4.78 is 5.07. The summed E-state index contributed by atoms with van der Waals surface area (Å²) in [6.07, 6.45) is 6.76. The van der Waals surface area contributed by atoms with Crippen LogP contribution in [-0.2, 0) is 16.0 Å². The van der Waals surface area contributed by atoms with Gasteiger partial charge in [-0.25, -0.2) is 4.79 Å². The van der Waals surface area contributed by atoms with Gasteiger partial charge in [-0.05, 0) is 61.6 Å². The quantitative estimate of drug-likeness (QED) is 0.125. The van der Waals surface area contributed by atoms with Crippen LogP contribution in [0, 0.1) is 10.1 Å². The van der Waals surface area contributed by atoms with Gasteiger partial charge in [0.25, 0.3) is 5.69 Å². The standard InChI is InChI=1S/C23H26N2O4/c1-18(2)23(26)29-16-6-4-3-5-7-19-8-12-21(13-9-19)24-17-20-10-14-22(15-11-20)25(27)28/h8-15,17H,1,3-7,16H2,2H3. The molecule has 2 aromatic carbocycles. The maximum absolute atomic E-state index is 11.3. The van der Waals surface area contributed by atoms with Gasteiger partial charge in [-0.3, -0.25) is 15.1 Å². The number of nitro groups is 1. The number of nitro benzene ring substituents is 1. The van der Waals surface area contributed by atoms with Crippen molar-refractivity contribution in [3.8, 4) is 0 Å². The third-order valence-corrected chi connectivity index (χ3v) is 4.34. The molecule has 0 unspecified atom stereocenters. The molecule has 0 heterocycles. The first-order valence-corrected chi connectivity index (χ1v) is 9.66. The van der Waals surface area contributed by atoms with Crippen LogP contribution in [0.1, 0.15) is 43.7 Å². The summed E-state index contributed by atoms with van der Waals surface area (Å²) in [7, 11) is 0. The lowest BCUT2D eigenvalue weighted by Gasteiger charge is -2.05. The number of esters is 1. The first-order chi connectivity index (χ1) is 14.0. The van der Waals surface area contributed by atoms with Crippen molar-refractivity contribution in [2.75, 3.05) is 6.61 Å². The highest BCUT2D eigenvalue weighted by molar-refractivity contribution is 5.86. The zero-order chi connectivity index (χ0) is 21.1. The van der Waals surface area contributed by atoms with Crippen LogP contribution in [0.4, 0.5) is 11.4 Å². The van der Waals surface area contributed by atoms with Crippen LogP contribution >= 0.6 is 0 Å². The Balaban J connectivity index is 1.68. The van der Waals surface area contributed by atoms with Crippen molar-refractivity contribution < 1.29 is 14.5 Å². The summed E-state index contributed by atoms with van der Waals surface area (Å²) in [5, 5.41) is 10.7. The van der Waals surface area contributed by atoms with E-state index in [-0.39, 0.29) is 11.7 Å². The van der Waals surface area contributed by atoms with Crippen molar-refractivity contribution in [2.24, 2.45) is 4.99 Å². The Morgan fingerprint density at radius 1 is 1.07 bits per heavy atom. The Kier molecular flexibility index (Phi) is 8.76. The second-order valence-corrected chi connectivity index (χ2v) is 6.85. The van der Waals surface area contributed by atoms with Crippen molar-refractivity contribution in [2.45, 2.75) is 39.0 Å². The van der Waals surface area contributed by atoms with E-state index >= 15 is 0 Å². The second-order valence-electron chi connectivity index (χ2n) is 6.85. The van der Waals surface area contributed by atoms with Crippen LogP contribution in [0.3, 0.4) is 0 Å². The van der Waals surface area contributed by atoms with Crippen molar-refractivity contribution in [3.05, 3.63) is 81.9 Å². The number of rotatable bonds is 11. The number of ether oxygens (including phenoxy) is 1. The van der Waals surface area contributed by atoms with E-state index in [1.807, 2.05) is 12.1 Å². The van der Waals surface area contributed by atoms with Crippen molar-refractivity contribution >= 4 is 23.6 Å². The number of unbranched alkanes of at least 4 members (excludes halogenated alkanes) is 3. The van der Waals surface area contributed by atoms with Gasteiger partial charge in [0.05, 0.1) is 17.2 Å². The van der Waals surface area contributed by atoms with E-state index in [4.69, 9.17) is 4.74 Å². The fourth-order valence-electron chi connectivity index (χ4n) is 2.65. The molecule has 6 nitrogen and oxygen atoms in total. The Morgan fingerprint density at radius 2 is 1.72 bits per heavy atom. The van der Waals surface area contributed by atoms with E-state index in [9.17, 15) is 14.9 Å². The van der Waals surface area contributed by atoms with E-state index in [0.29, 0.717) is 12.2 Å². The number of aryl methyl sites for hydroxylation is 1. The number of nitrogens with zero attached hydrogens (tertiary/aromatic N) is 2. The fraction of sp³-hybridized carbons (Fsp3) is 0.304. The van der Waals surface area contributed by atoms with Crippen molar-refractivity contribution in [1.29, 1.82) is 0 Å². The average Bonchev–Trinajstić information content (AvgIpc) is 2.72. The van der Waals surface area contributed by atoms with Gasteiger partial charge in [0, 0.05) is 23.9 Å². The van der Waals surface area contributed by atoms with Crippen LogP contribution in [0.2, 0.25) is 0 Å². The van der Waals surface area contributed by atoms with E-state index in [2.05, 4.69) is 23.7 Å². The van der Waals surface area contributed by atoms with E-state index < -0.39 is 4.92 Å². The minimum atomic E-state index is -0.419. The molecule has 0 aliphatic rings. The van der Waals surface area contributed by atoms with Gasteiger partial charge in [0.1, 0.15) is 0 Å². The van der Waals surface area contributed by atoms with Crippen LogP contribution in [0.5, 0.6) is 0 Å². The molecule has 152 valence electrons. The summed E-state index contributed by atoms with van der Waals surface area (Å²) in [6.45, 7) is 5.65. The predicted molar refractivity (Wildman–Crippen MR) is 115 cm³/mol. The topological polar surface area (TPSA) is 81.8 Å². The molecule has 0 amide bonds. The number of hydrogen-bond donors (Lipinski definition) is 0. The Morgan fingerprint density at radius 3 is 2.34 bits per heavy atom. The summed E-state index contributed by atoms with van der Waals surface area (Å²) in [6, 6.07) is 14.4. The molecular weight excluding hydrogens is 368 g/mol. The zero-order valence-electron chi connectivity index (χ0n) is 16.7. The molecule has 6 heteroatoms. The van der Waals surface area contributed by atoms with Gasteiger partial charge in [0.2, 0.25) is 0 Å². The van der Waals surface area contributed by atoms with Crippen LogP contribution in [-0.4, -0.2) is 23.7 Å². The Labute approximate surface area is 171 Å². The Hall–Kier alpha value is -3.28. The van der Waals surface area contributed by atoms with Gasteiger partial charge >= 0.3 is 5.97 Å². The molecule has 0 radical (unpaired) electrons. The van der Waals surface area contributed by atoms with Gasteiger partial charge in [0.15, 0.2) is 0 Å². The third-order valence-electron chi connectivity index (χ3n) is 4.34. The van der Waals surface area contributed by atoms with E-state index in [1.54, 1.807) is 25.3 Å². The fourth-order valence-corrected chi connectivity index (χ4v) is 2.65. The normalized spacial score (nSPS) is 10.8. The molecule has 0 bridgehead atoms. The molecule has 0 fully saturated rings. The second kappa shape index (κ2) is 11.5. The number of benzene rings is 2. The van der Waals surface area contributed by atoms with Gasteiger partial charge in [-0.2, -0.15) is 0 Å². The first kappa shape index (κ1) is 22.0. The van der Waals surface area contributed by atoms with Crippen LogP contribution in [0.15, 0.2) is 65.7 Å². The smallest absolute Gasteiger partial charge is 0.333 e. The summed E-state index contributed by atoms with van der Waals surface area (Å²) >= 11 is 0. The molecule has 0 saturated carbocycles. The number of aliphatic imine (C=N–C) groups is 1. The van der Waals surface area contributed by atoms with Crippen LogP contribution in [0.25, 0.3) is 0 Å². The van der Waals surface area contributed by atoms with Crippen molar-refractivity contribution in [1.82, 2.24) is 0 Å². The molecule has 0 aliphatic heterocycles. The van der Waals surface area contributed by atoms with E-state index in [1.165, 1.54) is 17.7 Å². The predicted octanol–water partition coefficient (Wildman–Crippen LogP) is 5.57. The maximum Gasteiger partial charge on any atom is 0.333 e. The maximum atomic E-state index is 11.3. The number of carbonyl (C=O) groups is 1. The summed E-state index contributed by atoms with van der Waals surface area (Å²) in [4.78, 5) is 25.9. The monoisotopic (exact) mass is 394 g/mol. The lowest BCUT2D eigenvalue weighted by Crippen LogP contribution is -2.06. The molecule has 0 atom stereocenters. The van der Waals surface area contributed by atoms with Gasteiger partial charge in [-0.1, -0.05) is 31.6 Å². The highest BCUT2D eigenvalue weighted by Gasteiger charge is 2.03. The lowest BCUT2D eigenvalue weighted by atomic mass is 10.1. The highest BCUT2D eigenvalue weighted by Crippen LogP contribution is 2.16. The molecule has 0 spiro atoms. The van der Waals surface area contributed by atoms with Crippen LogP contribution < -0.4 is 0 Å². The van der Waals surface area contributed by atoms with E-state index in [0.717, 1.165) is 43.4 Å². The average molecular weight is 394 g/mol. The number of non-ortho nitro benzene ring substituents is 1. The number of hydrogen-bond acceptors (Lipinski definition) is 5. The largest absolute Gasteiger partial charge is 0.462 e. The minimum absolute atomic E-state index is 0.0689. The molecule has 2 rings (SSSR count).